The first kappa shape index (κ1) is 13.5. The molecule has 2 aliphatic heterocycles. The van der Waals surface area contributed by atoms with Crippen molar-refractivity contribution in [1.29, 1.82) is 0 Å². The van der Waals surface area contributed by atoms with Gasteiger partial charge in [-0.05, 0) is 48.3 Å². The summed E-state index contributed by atoms with van der Waals surface area (Å²) >= 11 is 2.11. The molecule has 2 aliphatic rings. The highest BCUT2D eigenvalue weighted by Crippen LogP contribution is 2.38. The second-order valence-corrected chi connectivity index (χ2v) is 6.49. The van der Waals surface area contributed by atoms with Crippen molar-refractivity contribution in [2.45, 2.75) is 37.3 Å². The molecule has 1 aromatic rings. The molecule has 2 fully saturated rings. The molecule has 0 aliphatic carbocycles. The molecule has 3 rings (SSSR count). The molecule has 104 valence electrons. The van der Waals surface area contributed by atoms with Gasteiger partial charge >= 0.3 is 0 Å². The Labute approximate surface area is 125 Å². The van der Waals surface area contributed by atoms with Crippen LogP contribution in [-0.4, -0.2) is 35.2 Å². The predicted octanol–water partition coefficient (Wildman–Crippen LogP) is 1.75. The van der Waals surface area contributed by atoms with Crippen molar-refractivity contribution >= 4 is 22.6 Å². The Morgan fingerprint density at radius 2 is 2.16 bits per heavy atom. The Balaban J connectivity index is 1.83. The third kappa shape index (κ3) is 2.85. The topological polar surface area (TPSA) is 53.4 Å². The quantitative estimate of drug-likeness (QED) is 0.701. The van der Waals surface area contributed by atoms with Crippen molar-refractivity contribution in [2.24, 2.45) is 0 Å². The maximum Gasteiger partial charge on any atom is 0.268 e. The number of hydrogen-bond acceptors (Lipinski definition) is 4. The Morgan fingerprint density at radius 1 is 1.37 bits per heavy atom. The molecule has 2 saturated heterocycles. The van der Waals surface area contributed by atoms with Gasteiger partial charge in [-0.25, -0.2) is 4.68 Å². The fourth-order valence-electron chi connectivity index (χ4n) is 2.97. The van der Waals surface area contributed by atoms with Crippen LogP contribution in [0.3, 0.4) is 0 Å². The van der Waals surface area contributed by atoms with Gasteiger partial charge in [-0.1, -0.05) is 0 Å². The number of aromatic nitrogens is 2. The fraction of sp³-hybridized carbons (Fsp3) is 0.692. The summed E-state index contributed by atoms with van der Waals surface area (Å²) in [4.78, 5) is 12.0. The van der Waals surface area contributed by atoms with Crippen LogP contribution < -0.4 is 5.56 Å². The van der Waals surface area contributed by atoms with E-state index in [2.05, 4.69) is 27.7 Å². The van der Waals surface area contributed by atoms with E-state index in [0.717, 1.165) is 42.5 Å². The Morgan fingerprint density at radius 3 is 2.89 bits per heavy atom. The molecule has 3 heterocycles. The van der Waals surface area contributed by atoms with E-state index >= 15 is 0 Å². The SMILES string of the molecule is O=c1cc(I)cnn1C1CCOC2(CCOCC2)C1. The third-order valence-corrected chi connectivity index (χ3v) is 4.60. The van der Waals surface area contributed by atoms with Crippen LogP contribution in [0, 0.1) is 3.57 Å². The van der Waals surface area contributed by atoms with Crippen molar-refractivity contribution in [2.75, 3.05) is 19.8 Å². The first-order valence-electron chi connectivity index (χ1n) is 6.65. The standard InChI is InChI=1S/C13H17IN2O3/c14-10-7-12(17)16(15-9-10)11-1-4-19-13(8-11)2-5-18-6-3-13/h7,9,11H,1-6,8H2. The Hall–Kier alpha value is -0.470. The molecule has 1 spiro atoms. The molecular formula is C13H17IN2O3. The van der Waals surface area contributed by atoms with Gasteiger partial charge < -0.3 is 9.47 Å². The molecule has 6 heteroatoms. The van der Waals surface area contributed by atoms with Crippen molar-refractivity contribution in [3.05, 3.63) is 26.2 Å². The highest BCUT2D eigenvalue weighted by molar-refractivity contribution is 14.1. The van der Waals surface area contributed by atoms with Gasteiger partial charge in [-0.2, -0.15) is 5.10 Å². The molecule has 0 bridgehead atoms. The van der Waals surface area contributed by atoms with Gasteiger partial charge in [0.15, 0.2) is 0 Å². The smallest absolute Gasteiger partial charge is 0.268 e. The first-order valence-corrected chi connectivity index (χ1v) is 7.73. The minimum Gasteiger partial charge on any atom is -0.381 e. The molecule has 0 radical (unpaired) electrons. The molecule has 0 saturated carbocycles. The van der Waals surface area contributed by atoms with E-state index in [4.69, 9.17) is 9.47 Å². The summed E-state index contributed by atoms with van der Waals surface area (Å²) in [6, 6.07) is 1.79. The number of rotatable bonds is 1. The van der Waals surface area contributed by atoms with Gasteiger partial charge in [0, 0.05) is 29.5 Å². The lowest BCUT2D eigenvalue weighted by molar-refractivity contribution is -0.145. The van der Waals surface area contributed by atoms with Gasteiger partial charge in [0.2, 0.25) is 0 Å². The zero-order valence-corrected chi connectivity index (χ0v) is 12.8. The average Bonchev–Trinajstić information content (AvgIpc) is 2.39. The second kappa shape index (κ2) is 5.49. The molecule has 0 aromatic carbocycles. The van der Waals surface area contributed by atoms with E-state index in [1.54, 1.807) is 16.9 Å². The van der Waals surface area contributed by atoms with Crippen molar-refractivity contribution in [3.8, 4) is 0 Å². The zero-order chi connectivity index (χ0) is 13.3. The van der Waals surface area contributed by atoms with Crippen molar-refractivity contribution in [1.82, 2.24) is 9.78 Å². The van der Waals surface area contributed by atoms with Crippen LogP contribution in [0.2, 0.25) is 0 Å². The highest BCUT2D eigenvalue weighted by Gasteiger charge is 2.40. The van der Waals surface area contributed by atoms with E-state index in [9.17, 15) is 4.79 Å². The first-order chi connectivity index (χ1) is 9.19. The molecule has 1 unspecified atom stereocenters. The monoisotopic (exact) mass is 376 g/mol. The largest absolute Gasteiger partial charge is 0.381 e. The van der Waals surface area contributed by atoms with Gasteiger partial charge in [0.25, 0.3) is 5.56 Å². The lowest BCUT2D eigenvalue weighted by Crippen LogP contribution is -2.46. The van der Waals surface area contributed by atoms with E-state index in [1.165, 1.54) is 0 Å². The van der Waals surface area contributed by atoms with Crippen molar-refractivity contribution < 1.29 is 9.47 Å². The van der Waals surface area contributed by atoms with Crippen LogP contribution in [0.5, 0.6) is 0 Å². The summed E-state index contributed by atoms with van der Waals surface area (Å²) in [5.74, 6) is 0. The number of hydrogen-bond donors (Lipinski definition) is 0. The third-order valence-electron chi connectivity index (χ3n) is 4.01. The second-order valence-electron chi connectivity index (χ2n) is 5.25. The van der Waals surface area contributed by atoms with E-state index < -0.39 is 0 Å². The minimum atomic E-state index is -0.106. The van der Waals surface area contributed by atoms with Crippen LogP contribution in [-0.2, 0) is 9.47 Å². The van der Waals surface area contributed by atoms with Crippen LogP contribution in [0.15, 0.2) is 17.1 Å². The molecule has 5 nitrogen and oxygen atoms in total. The van der Waals surface area contributed by atoms with Crippen LogP contribution in [0.1, 0.15) is 31.7 Å². The lowest BCUT2D eigenvalue weighted by atomic mass is 9.84. The van der Waals surface area contributed by atoms with Gasteiger partial charge in [-0.15, -0.1) is 0 Å². The summed E-state index contributed by atoms with van der Waals surface area (Å²) in [6.45, 7) is 2.20. The van der Waals surface area contributed by atoms with Gasteiger partial charge in [0.05, 0.1) is 17.8 Å². The summed E-state index contributed by atoms with van der Waals surface area (Å²) in [5.41, 5.74) is -0.119. The number of ether oxygens (including phenoxy) is 2. The predicted molar refractivity (Wildman–Crippen MR) is 78.2 cm³/mol. The van der Waals surface area contributed by atoms with E-state index in [0.29, 0.717) is 6.61 Å². The summed E-state index contributed by atoms with van der Waals surface area (Å²) < 4.78 is 13.9. The molecule has 19 heavy (non-hydrogen) atoms. The highest BCUT2D eigenvalue weighted by atomic mass is 127. The lowest BCUT2D eigenvalue weighted by Gasteiger charge is -2.43. The van der Waals surface area contributed by atoms with Gasteiger partial charge in [0.1, 0.15) is 0 Å². The average molecular weight is 376 g/mol. The maximum absolute atomic E-state index is 12.0. The summed E-state index contributed by atoms with van der Waals surface area (Å²) in [7, 11) is 0. The number of nitrogens with zero attached hydrogens (tertiary/aromatic N) is 2. The van der Waals surface area contributed by atoms with Crippen LogP contribution in [0.25, 0.3) is 0 Å². The molecule has 0 N–H and O–H groups in total. The molecular weight excluding hydrogens is 359 g/mol. The minimum absolute atomic E-state index is 0.0130. The zero-order valence-electron chi connectivity index (χ0n) is 10.7. The summed E-state index contributed by atoms with van der Waals surface area (Å²) in [6.07, 6.45) is 5.30. The maximum atomic E-state index is 12.0. The summed E-state index contributed by atoms with van der Waals surface area (Å²) in [5, 5.41) is 4.29. The number of halogens is 1. The normalized spacial score (nSPS) is 26.5. The molecule has 1 atom stereocenters. The van der Waals surface area contributed by atoms with Crippen molar-refractivity contribution in [3.63, 3.8) is 0 Å². The van der Waals surface area contributed by atoms with E-state index in [-0.39, 0.29) is 17.2 Å². The molecule has 0 amide bonds. The fourth-order valence-corrected chi connectivity index (χ4v) is 3.36. The van der Waals surface area contributed by atoms with Crippen LogP contribution >= 0.6 is 22.6 Å². The van der Waals surface area contributed by atoms with Crippen LogP contribution in [0.4, 0.5) is 0 Å². The molecule has 1 aromatic heterocycles. The van der Waals surface area contributed by atoms with E-state index in [1.807, 2.05) is 0 Å². The Bertz CT molecular complexity index is 505. The van der Waals surface area contributed by atoms with Gasteiger partial charge in [-0.3, -0.25) is 4.79 Å². The Kier molecular flexibility index (Phi) is 3.91.